The Morgan fingerprint density at radius 1 is 1.22 bits per heavy atom. The highest BCUT2D eigenvalue weighted by Crippen LogP contribution is 2.20. The lowest BCUT2D eigenvalue weighted by molar-refractivity contribution is 0.898. The summed E-state index contributed by atoms with van der Waals surface area (Å²) in [6, 6.07) is 9.85. The first-order chi connectivity index (χ1) is 8.70. The van der Waals surface area contributed by atoms with Gasteiger partial charge in [0, 0.05) is 48.8 Å². The molecule has 18 heavy (non-hydrogen) atoms. The van der Waals surface area contributed by atoms with E-state index in [-0.39, 0.29) is 0 Å². The molecule has 0 spiro atoms. The van der Waals surface area contributed by atoms with Crippen LogP contribution >= 0.6 is 11.6 Å². The maximum absolute atomic E-state index is 5.87. The van der Waals surface area contributed by atoms with Crippen molar-refractivity contribution >= 4 is 17.3 Å². The number of hydrogen-bond acceptors (Lipinski definition) is 3. The van der Waals surface area contributed by atoms with E-state index < -0.39 is 0 Å². The lowest BCUT2D eigenvalue weighted by Gasteiger charge is -2.21. The second-order valence-electron chi connectivity index (χ2n) is 4.19. The van der Waals surface area contributed by atoms with Crippen molar-refractivity contribution in [2.75, 3.05) is 11.9 Å². The van der Waals surface area contributed by atoms with Crippen LogP contribution in [0.4, 0.5) is 5.69 Å². The minimum Gasteiger partial charge on any atom is -0.370 e. The van der Waals surface area contributed by atoms with Crippen molar-refractivity contribution in [2.45, 2.75) is 13.1 Å². The van der Waals surface area contributed by atoms with Crippen molar-refractivity contribution in [3.05, 3.63) is 58.9 Å². The summed E-state index contributed by atoms with van der Waals surface area (Å²) in [6.45, 7) is 1.31. The second-order valence-corrected chi connectivity index (χ2v) is 4.63. The molecule has 0 atom stereocenters. The molecule has 0 amide bonds. The highest BCUT2D eigenvalue weighted by Gasteiger charge is 2.06. The summed E-state index contributed by atoms with van der Waals surface area (Å²) in [5, 5.41) is 0.757. The van der Waals surface area contributed by atoms with Crippen molar-refractivity contribution in [1.82, 2.24) is 4.98 Å². The van der Waals surface area contributed by atoms with Crippen LogP contribution in [0.2, 0.25) is 5.02 Å². The molecule has 0 saturated carbocycles. The first-order valence-electron chi connectivity index (χ1n) is 5.79. The molecule has 94 valence electrons. The second kappa shape index (κ2) is 5.85. The summed E-state index contributed by atoms with van der Waals surface area (Å²) in [7, 11) is 2.04. The molecule has 0 aliphatic rings. The molecule has 2 aromatic rings. The third kappa shape index (κ3) is 3.00. The van der Waals surface area contributed by atoms with Gasteiger partial charge in [0.25, 0.3) is 0 Å². The van der Waals surface area contributed by atoms with Gasteiger partial charge in [-0.05, 0) is 23.8 Å². The van der Waals surface area contributed by atoms with E-state index >= 15 is 0 Å². The minimum absolute atomic E-state index is 0.494. The summed E-state index contributed by atoms with van der Waals surface area (Å²) < 4.78 is 0. The number of nitrogens with two attached hydrogens (primary N) is 1. The van der Waals surface area contributed by atoms with Gasteiger partial charge in [0.2, 0.25) is 0 Å². The average molecular weight is 262 g/mol. The Bertz CT molecular complexity index is 511. The topological polar surface area (TPSA) is 42.2 Å². The molecular formula is C14H16ClN3. The van der Waals surface area contributed by atoms with Crippen LogP contribution in [0, 0.1) is 0 Å². The van der Waals surface area contributed by atoms with Gasteiger partial charge in [-0.3, -0.25) is 4.98 Å². The molecule has 0 radical (unpaired) electrons. The van der Waals surface area contributed by atoms with Crippen molar-refractivity contribution in [2.24, 2.45) is 5.73 Å². The number of hydrogen-bond donors (Lipinski definition) is 1. The number of benzene rings is 1. The molecule has 1 heterocycles. The smallest absolute Gasteiger partial charge is 0.0443 e. The molecule has 0 fully saturated rings. The molecule has 1 aromatic carbocycles. The van der Waals surface area contributed by atoms with E-state index in [2.05, 4.69) is 9.88 Å². The van der Waals surface area contributed by atoms with Crippen LogP contribution in [0.1, 0.15) is 11.1 Å². The van der Waals surface area contributed by atoms with Crippen LogP contribution in [0.3, 0.4) is 0 Å². The summed E-state index contributed by atoms with van der Waals surface area (Å²) in [5.74, 6) is 0. The molecule has 0 unspecified atom stereocenters. The van der Waals surface area contributed by atoms with Crippen molar-refractivity contribution in [3.8, 4) is 0 Å². The van der Waals surface area contributed by atoms with Crippen LogP contribution in [-0.4, -0.2) is 12.0 Å². The molecule has 0 saturated heterocycles. The molecule has 0 aliphatic carbocycles. The molecule has 2 N–H and O–H groups in total. The fourth-order valence-electron chi connectivity index (χ4n) is 1.90. The van der Waals surface area contributed by atoms with Gasteiger partial charge in [-0.15, -0.1) is 0 Å². The normalized spacial score (nSPS) is 10.4. The third-order valence-electron chi connectivity index (χ3n) is 2.84. The zero-order chi connectivity index (χ0) is 13.0. The summed E-state index contributed by atoms with van der Waals surface area (Å²) in [4.78, 5) is 6.25. The molecule has 2 rings (SSSR count). The Hall–Kier alpha value is -1.58. The van der Waals surface area contributed by atoms with E-state index in [1.54, 1.807) is 6.20 Å². The van der Waals surface area contributed by atoms with Crippen LogP contribution in [0.25, 0.3) is 0 Å². The van der Waals surface area contributed by atoms with Crippen molar-refractivity contribution in [1.29, 1.82) is 0 Å². The number of pyridine rings is 1. The van der Waals surface area contributed by atoms with Gasteiger partial charge in [-0.25, -0.2) is 0 Å². The Kier molecular flexibility index (Phi) is 4.18. The van der Waals surface area contributed by atoms with Gasteiger partial charge in [0.05, 0.1) is 0 Å². The van der Waals surface area contributed by atoms with Crippen LogP contribution in [-0.2, 0) is 13.1 Å². The number of aromatic nitrogens is 1. The lowest BCUT2D eigenvalue weighted by Crippen LogP contribution is -2.19. The predicted molar refractivity (Wildman–Crippen MR) is 75.7 cm³/mol. The summed E-state index contributed by atoms with van der Waals surface area (Å²) >= 11 is 5.87. The SMILES string of the molecule is CN(Cc1ccc(Cl)cc1)c1ccncc1CN. The quantitative estimate of drug-likeness (QED) is 0.920. The van der Waals surface area contributed by atoms with E-state index in [1.165, 1.54) is 5.56 Å². The van der Waals surface area contributed by atoms with Crippen LogP contribution in [0.5, 0.6) is 0 Å². The van der Waals surface area contributed by atoms with Gasteiger partial charge in [0.1, 0.15) is 0 Å². The zero-order valence-corrected chi connectivity index (χ0v) is 11.1. The molecule has 1 aromatic heterocycles. The molecule has 0 bridgehead atoms. The number of nitrogens with zero attached hydrogens (tertiary/aromatic N) is 2. The summed E-state index contributed by atoms with van der Waals surface area (Å²) in [6.07, 6.45) is 3.60. The van der Waals surface area contributed by atoms with Crippen LogP contribution in [0.15, 0.2) is 42.7 Å². The molecule has 3 nitrogen and oxygen atoms in total. The van der Waals surface area contributed by atoms with Gasteiger partial charge in [-0.2, -0.15) is 0 Å². The Labute approximate surface area is 112 Å². The maximum atomic E-state index is 5.87. The van der Waals surface area contributed by atoms with E-state index in [0.29, 0.717) is 6.54 Å². The van der Waals surface area contributed by atoms with Gasteiger partial charge in [-0.1, -0.05) is 23.7 Å². The molecule has 0 aliphatic heterocycles. The van der Waals surface area contributed by atoms with E-state index in [9.17, 15) is 0 Å². The standard InChI is InChI=1S/C14H16ClN3/c1-18(10-11-2-4-13(15)5-3-11)14-6-7-17-9-12(14)8-16/h2-7,9H,8,10,16H2,1H3. The van der Waals surface area contributed by atoms with E-state index in [4.69, 9.17) is 17.3 Å². The zero-order valence-electron chi connectivity index (χ0n) is 10.3. The van der Waals surface area contributed by atoms with Gasteiger partial charge in [0.15, 0.2) is 0 Å². The monoisotopic (exact) mass is 261 g/mol. The number of anilines is 1. The minimum atomic E-state index is 0.494. The van der Waals surface area contributed by atoms with Crippen LogP contribution < -0.4 is 10.6 Å². The number of rotatable bonds is 4. The van der Waals surface area contributed by atoms with Gasteiger partial charge >= 0.3 is 0 Å². The Balaban J connectivity index is 2.16. The molecular weight excluding hydrogens is 246 g/mol. The fourth-order valence-corrected chi connectivity index (χ4v) is 2.02. The first-order valence-corrected chi connectivity index (χ1v) is 6.17. The average Bonchev–Trinajstić information content (AvgIpc) is 2.41. The highest BCUT2D eigenvalue weighted by atomic mass is 35.5. The first kappa shape index (κ1) is 12.9. The number of halogens is 1. The van der Waals surface area contributed by atoms with E-state index in [0.717, 1.165) is 22.8 Å². The fraction of sp³-hybridized carbons (Fsp3) is 0.214. The highest BCUT2D eigenvalue weighted by molar-refractivity contribution is 6.30. The Morgan fingerprint density at radius 3 is 2.61 bits per heavy atom. The lowest BCUT2D eigenvalue weighted by atomic mass is 10.1. The predicted octanol–water partition coefficient (Wildman–Crippen LogP) is 2.83. The largest absolute Gasteiger partial charge is 0.370 e. The maximum Gasteiger partial charge on any atom is 0.0443 e. The van der Waals surface area contributed by atoms with E-state index in [1.807, 2.05) is 43.6 Å². The van der Waals surface area contributed by atoms with Crippen molar-refractivity contribution < 1.29 is 0 Å². The third-order valence-corrected chi connectivity index (χ3v) is 3.09. The summed E-state index contributed by atoms with van der Waals surface area (Å²) in [5.41, 5.74) is 9.09. The molecule has 4 heteroatoms. The van der Waals surface area contributed by atoms with Crippen molar-refractivity contribution in [3.63, 3.8) is 0 Å². The Morgan fingerprint density at radius 2 is 1.94 bits per heavy atom. The van der Waals surface area contributed by atoms with Gasteiger partial charge < -0.3 is 10.6 Å².